The summed E-state index contributed by atoms with van der Waals surface area (Å²) in [6.07, 6.45) is 1.11. The number of sulfonamides is 1. The molecule has 0 atom stereocenters. The van der Waals surface area contributed by atoms with Crippen LogP contribution in [-0.4, -0.2) is 14.7 Å². The number of rotatable bonds is 4. The van der Waals surface area contributed by atoms with Crippen molar-refractivity contribution in [2.75, 3.05) is 16.3 Å². The lowest BCUT2D eigenvalue weighted by atomic mass is 10.2. The first-order chi connectivity index (χ1) is 9.33. The van der Waals surface area contributed by atoms with Gasteiger partial charge in [-0.25, -0.2) is 8.42 Å². The number of halogens is 2. The molecule has 7 heteroatoms. The molecule has 0 saturated heterocycles. The molecule has 106 valence electrons. The lowest BCUT2D eigenvalue weighted by Crippen LogP contribution is -2.09. The van der Waals surface area contributed by atoms with Gasteiger partial charge >= 0.3 is 0 Å². The molecule has 0 saturated carbocycles. The fourth-order valence-corrected chi connectivity index (χ4v) is 2.44. The minimum Gasteiger partial charge on any atom is -0.355 e. The maximum Gasteiger partial charge on any atom is 0.229 e. The van der Waals surface area contributed by atoms with E-state index in [0.29, 0.717) is 15.7 Å². The van der Waals surface area contributed by atoms with Gasteiger partial charge in [-0.2, -0.15) is 0 Å². The highest BCUT2D eigenvalue weighted by Crippen LogP contribution is 2.27. The van der Waals surface area contributed by atoms with Gasteiger partial charge in [0.15, 0.2) is 0 Å². The van der Waals surface area contributed by atoms with Crippen molar-refractivity contribution in [1.29, 1.82) is 0 Å². The molecule has 0 fully saturated rings. The fraction of sp³-hybridized carbons (Fsp3) is 0.0769. The molecule has 0 aliphatic heterocycles. The van der Waals surface area contributed by atoms with E-state index in [-0.39, 0.29) is 0 Å². The normalized spacial score (nSPS) is 11.2. The predicted molar refractivity (Wildman–Crippen MR) is 84.7 cm³/mol. The van der Waals surface area contributed by atoms with Crippen molar-refractivity contribution < 1.29 is 8.42 Å². The van der Waals surface area contributed by atoms with E-state index in [1.807, 2.05) is 0 Å². The number of hydrogen-bond acceptors (Lipinski definition) is 3. The molecule has 2 rings (SSSR count). The predicted octanol–water partition coefficient (Wildman–Crippen LogP) is 4.11. The van der Waals surface area contributed by atoms with Crippen LogP contribution in [0.2, 0.25) is 10.0 Å². The first-order valence-corrected chi connectivity index (χ1v) is 8.28. The van der Waals surface area contributed by atoms with Crippen LogP contribution in [0.25, 0.3) is 0 Å². The summed E-state index contributed by atoms with van der Waals surface area (Å²) in [5, 5.41) is 4.10. The molecule has 0 aromatic heterocycles. The first kappa shape index (κ1) is 15.0. The average molecular weight is 331 g/mol. The molecule has 2 aromatic rings. The summed E-state index contributed by atoms with van der Waals surface area (Å²) < 4.78 is 24.6. The third-order valence-electron chi connectivity index (χ3n) is 2.40. The molecule has 0 amide bonds. The summed E-state index contributed by atoms with van der Waals surface area (Å²) in [6, 6.07) is 12.1. The molecule has 0 aliphatic carbocycles. The Morgan fingerprint density at radius 1 is 0.850 bits per heavy atom. The monoisotopic (exact) mass is 330 g/mol. The van der Waals surface area contributed by atoms with Crippen molar-refractivity contribution in [2.45, 2.75) is 0 Å². The van der Waals surface area contributed by atoms with Gasteiger partial charge in [-0.15, -0.1) is 0 Å². The summed E-state index contributed by atoms with van der Waals surface area (Å²) in [5.74, 6) is 0. The zero-order chi connectivity index (χ0) is 14.8. The van der Waals surface area contributed by atoms with E-state index in [1.54, 1.807) is 42.5 Å². The smallest absolute Gasteiger partial charge is 0.229 e. The Hall–Kier alpha value is -1.43. The molecule has 2 aromatic carbocycles. The van der Waals surface area contributed by atoms with Gasteiger partial charge < -0.3 is 5.32 Å². The minimum absolute atomic E-state index is 0.465. The largest absolute Gasteiger partial charge is 0.355 e. The zero-order valence-corrected chi connectivity index (χ0v) is 12.9. The quantitative estimate of drug-likeness (QED) is 0.886. The van der Waals surface area contributed by atoms with Gasteiger partial charge in [0.25, 0.3) is 0 Å². The van der Waals surface area contributed by atoms with Gasteiger partial charge in [0.1, 0.15) is 0 Å². The summed E-state index contributed by atoms with van der Waals surface area (Å²) in [5.41, 5.74) is 2.11. The molecule has 0 radical (unpaired) electrons. The summed E-state index contributed by atoms with van der Waals surface area (Å²) in [4.78, 5) is 0. The average Bonchev–Trinajstić information content (AvgIpc) is 2.35. The van der Waals surface area contributed by atoms with E-state index < -0.39 is 10.0 Å². The van der Waals surface area contributed by atoms with Crippen molar-refractivity contribution in [2.24, 2.45) is 0 Å². The van der Waals surface area contributed by atoms with Gasteiger partial charge in [0, 0.05) is 17.1 Å². The van der Waals surface area contributed by atoms with Crippen molar-refractivity contribution in [3.8, 4) is 0 Å². The Balaban J connectivity index is 2.12. The van der Waals surface area contributed by atoms with Crippen LogP contribution < -0.4 is 10.0 Å². The van der Waals surface area contributed by atoms with Crippen LogP contribution in [0, 0.1) is 0 Å². The molecule has 0 unspecified atom stereocenters. The van der Waals surface area contributed by atoms with Crippen LogP contribution in [0.15, 0.2) is 42.5 Å². The highest BCUT2D eigenvalue weighted by Gasteiger charge is 2.03. The van der Waals surface area contributed by atoms with Crippen LogP contribution >= 0.6 is 23.2 Å². The highest BCUT2D eigenvalue weighted by molar-refractivity contribution is 7.92. The van der Waals surface area contributed by atoms with Gasteiger partial charge in [-0.3, -0.25) is 4.72 Å². The van der Waals surface area contributed by atoms with Crippen LogP contribution in [0.1, 0.15) is 0 Å². The van der Waals surface area contributed by atoms with Crippen molar-refractivity contribution in [3.63, 3.8) is 0 Å². The Morgan fingerprint density at radius 2 is 1.40 bits per heavy atom. The number of nitrogens with one attached hydrogen (secondary N) is 2. The second-order valence-corrected chi connectivity index (χ2v) is 6.77. The molecule has 2 N–H and O–H groups in total. The van der Waals surface area contributed by atoms with Crippen LogP contribution in [-0.2, 0) is 10.0 Å². The lowest BCUT2D eigenvalue weighted by molar-refractivity contribution is 0.607. The second-order valence-electron chi connectivity index (χ2n) is 4.21. The third kappa shape index (κ3) is 4.30. The van der Waals surface area contributed by atoms with E-state index in [0.717, 1.165) is 17.6 Å². The molecule has 20 heavy (non-hydrogen) atoms. The Morgan fingerprint density at radius 3 is 1.95 bits per heavy atom. The summed E-state index contributed by atoms with van der Waals surface area (Å²) in [7, 11) is -3.26. The number of benzene rings is 2. The standard InChI is InChI=1S/C13H12Cl2N2O2S/c1-20(18,19)17-10-4-2-9(3-5-10)16-11-6-7-12(14)13(15)8-11/h2-8,16-17H,1H3. The van der Waals surface area contributed by atoms with Gasteiger partial charge in [-0.1, -0.05) is 23.2 Å². The fourth-order valence-electron chi connectivity index (χ4n) is 1.58. The molecule has 0 spiro atoms. The van der Waals surface area contributed by atoms with E-state index in [2.05, 4.69) is 10.0 Å². The topological polar surface area (TPSA) is 58.2 Å². The van der Waals surface area contributed by atoms with Crippen molar-refractivity contribution >= 4 is 50.3 Å². The van der Waals surface area contributed by atoms with E-state index in [1.165, 1.54) is 0 Å². The molecular weight excluding hydrogens is 319 g/mol. The SMILES string of the molecule is CS(=O)(=O)Nc1ccc(Nc2ccc(Cl)c(Cl)c2)cc1. The van der Waals surface area contributed by atoms with E-state index >= 15 is 0 Å². The van der Waals surface area contributed by atoms with Crippen molar-refractivity contribution in [1.82, 2.24) is 0 Å². The van der Waals surface area contributed by atoms with Crippen molar-refractivity contribution in [3.05, 3.63) is 52.5 Å². The Bertz CT molecular complexity index is 716. The first-order valence-electron chi connectivity index (χ1n) is 5.63. The second kappa shape index (κ2) is 5.91. The van der Waals surface area contributed by atoms with E-state index in [4.69, 9.17) is 23.2 Å². The molecular formula is C13H12Cl2N2O2S. The Labute approximate surface area is 127 Å². The summed E-state index contributed by atoms with van der Waals surface area (Å²) in [6.45, 7) is 0. The maximum absolute atomic E-state index is 11.1. The molecule has 4 nitrogen and oxygen atoms in total. The zero-order valence-electron chi connectivity index (χ0n) is 10.5. The third-order valence-corrected chi connectivity index (χ3v) is 3.74. The summed E-state index contributed by atoms with van der Waals surface area (Å²) >= 11 is 11.8. The van der Waals surface area contributed by atoms with Crippen LogP contribution in [0.4, 0.5) is 17.1 Å². The Kier molecular flexibility index (Phi) is 4.42. The highest BCUT2D eigenvalue weighted by atomic mass is 35.5. The van der Waals surface area contributed by atoms with Crippen LogP contribution in [0.3, 0.4) is 0 Å². The van der Waals surface area contributed by atoms with Crippen LogP contribution in [0.5, 0.6) is 0 Å². The van der Waals surface area contributed by atoms with Gasteiger partial charge in [0.2, 0.25) is 10.0 Å². The number of hydrogen-bond donors (Lipinski definition) is 2. The molecule has 0 aliphatic rings. The maximum atomic E-state index is 11.1. The lowest BCUT2D eigenvalue weighted by Gasteiger charge is -2.09. The van der Waals surface area contributed by atoms with E-state index in [9.17, 15) is 8.42 Å². The van der Waals surface area contributed by atoms with Gasteiger partial charge in [0.05, 0.1) is 16.3 Å². The number of anilines is 3. The molecule has 0 bridgehead atoms. The minimum atomic E-state index is -3.26. The van der Waals surface area contributed by atoms with Gasteiger partial charge in [-0.05, 0) is 42.5 Å². The molecule has 0 heterocycles.